The molecule has 0 saturated carbocycles. The molecule has 2 N–H and O–H groups in total. The molecule has 5 heteroatoms. The smallest absolute Gasteiger partial charge is 0.150 e. The molecule has 2 heterocycles. The molecule has 2 aromatic heterocycles. The summed E-state index contributed by atoms with van der Waals surface area (Å²) < 4.78 is 2.16. The van der Waals surface area contributed by atoms with E-state index in [0.717, 1.165) is 31.8 Å². The zero-order valence-electron chi connectivity index (χ0n) is 11.2. The van der Waals surface area contributed by atoms with Crippen molar-refractivity contribution in [3.63, 3.8) is 0 Å². The van der Waals surface area contributed by atoms with E-state index in [4.69, 9.17) is 5.11 Å². The van der Waals surface area contributed by atoms with E-state index in [2.05, 4.69) is 33.2 Å². The van der Waals surface area contributed by atoms with Crippen LogP contribution < -0.4 is 5.32 Å². The van der Waals surface area contributed by atoms with Crippen LogP contribution in [0.4, 0.5) is 0 Å². The number of hydrogen-bond donors (Lipinski definition) is 2. The van der Waals surface area contributed by atoms with Gasteiger partial charge in [0, 0.05) is 31.6 Å². The number of imidazole rings is 1. The second-order valence-corrected chi connectivity index (χ2v) is 5.49. The molecule has 0 saturated heterocycles. The minimum absolute atomic E-state index is 0.213. The maximum Gasteiger partial charge on any atom is 0.150 e. The van der Waals surface area contributed by atoms with Crippen LogP contribution in [0, 0.1) is 0 Å². The van der Waals surface area contributed by atoms with Gasteiger partial charge in [-0.25, -0.2) is 4.98 Å². The van der Waals surface area contributed by atoms with Gasteiger partial charge in [0.1, 0.15) is 5.82 Å². The standard InChI is InChI=1S/C14H21N3OS/c1-2-6-15-12(5-9-18)11-17-8-7-16-14(17)13-4-3-10-19-13/h3-4,7-8,10,12,15,18H,2,5-6,9,11H2,1H3. The zero-order chi connectivity index (χ0) is 13.5. The summed E-state index contributed by atoms with van der Waals surface area (Å²) in [5, 5.41) is 14.7. The SMILES string of the molecule is CCCNC(CCO)Cn1ccnc1-c1cccs1. The average Bonchev–Trinajstić information content (AvgIpc) is 3.06. The molecule has 19 heavy (non-hydrogen) atoms. The topological polar surface area (TPSA) is 50.1 Å². The molecule has 0 radical (unpaired) electrons. The summed E-state index contributed by atoms with van der Waals surface area (Å²) in [6, 6.07) is 4.42. The number of aliphatic hydroxyl groups is 1. The van der Waals surface area contributed by atoms with Gasteiger partial charge in [0.05, 0.1) is 4.88 Å². The molecule has 1 atom stereocenters. The zero-order valence-corrected chi connectivity index (χ0v) is 12.1. The number of thiophene rings is 1. The van der Waals surface area contributed by atoms with E-state index in [0.29, 0.717) is 0 Å². The summed E-state index contributed by atoms with van der Waals surface area (Å²) in [6.07, 6.45) is 5.71. The molecule has 2 aromatic rings. The van der Waals surface area contributed by atoms with E-state index in [-0.39, 0.29) is 12.6 Å². The number of rotatable bonds is 8. The van der Waals surface area contributed by atoms with Gasteiger partial charge >= 0.3 is 0 Å². The molecule has 0 bridgehead atoms. The molecule has 0 spiro atoms. The Hall–Kier alpha value is -1.17. The van der Waals surface area contributed by atoms with E-state index in [1.54, 1.807) is 11.3 Å². The molecule has 0 aliphatic rings. The third kappa shape index (κ3) is 3.89. The van der Waals surface area contributed by atoms with Crippen molar-refractivity contribution in [2.75, 3.05) is 13.2 Å². The Bertz CT molecular complexity index is 467. The number of nitrogens with one attached hydrogen (secondary N) is 1. The van der Waals surface area contributed by atoms with E-state index in [9.17, 15) is 0 Å². The summed E-state index contributed by atoms with van der Waals surface area (Å²) in [6.45, 7) is 4.18. The summed E-state index contributed by atoms with van der Waals surface area (Å²) in [7, 11) is 0. The van der Waals surface area contributed by atoms with Crippen molar-refractivity contribution in [3.8, 4) is 10.7 Å². The quantitative estimate of drug-likeness (QED) is 0.780. The molecule has 0 aliphatic carbocycles. The van der Waals surface area contributed by atoms with Crippen molar-refractivity contribution in [3.05, 3.63) is 29.9 Å². The van der Waals surface area contributed by atoms with Gasteiger partial charge in [0.15, 0.2) is 0 Å². The van der Waals surface area contributed by atoms with Gasteiger partial charge in [-0.15, -0.1) is 11.3 Å². The van der Waals surface area contributed by atoms with Crippen LogP contribution in [0.15, 0.2) is 29.9 Å². The minimum atomic E-state index is 0.213. The molecule has 0 aliphatic heterocycles. The van der Waals surface area contributed by atoms with Crippen LogP contribution in [-0.4, -0.2) is 33.9 Å². The van der Waals surface area contributed by atoms with Crippen LogP contribution in [-0.2, 0) is 6.54 Å². The fourth-order valence-corrected chi connectivity index (χ4v) is 2.82. The molecule has 0 aromatic carbocycles. The number of aromatic nitrogens is 2. The molecule has 0 fully saturated rings. The lowest BCUT2D eigenvalue weighted by molar-refractivity contribution is 0.257. The van der Waals surface area contributed by atoms with E-state index < -0.39 is 0 Å². The number of nitrogens with zero attached hydrogens (tertiary/aromatic N) is 2. The van der Waals surface area contributed by atoms with Crippen molar-refractivity contribution in [1.82, 2.24) is 14.9 Å². The van der Waals surface area contributed by atoms with Gasteiger partial charge in [-0.05, 0) is 30.8 Å². The molecular formula is C14H21N3OS. The van der Waals surface area contributed by atoms with Gasteiger partial charge < -0.3 is 15.0 Å². The lowest BCUT2D eigenvalue weighted by Crippen LogP contribution is -2.34. The van der Waals surface area contributed by atoms with Gasteiger partial charge in [0.2, 0.25) is 0 Å². The third-order valence-corrected chi connectivity index (χ3v) is 3.90. The largest absolute Gasteiger partial charge is 0.396 e. The normalized spacial score (nSPS) is 12.7. The second-order valence-electron chi connectivity index (χ2n) is 4.54. The second kappa shape index (κ2) is 7.43. The van der Waals surface area contributed by atoms with Gasteiger partial charge in [-0.1, -0.05) is 13.0 Å². The Morgan fingerprint density at radius 2 is 2.42 bits per heavy atom. The third-order valence-electron chi connectivity index (χ3n) is 3.03. The van der Waals surface area contributed by atoms with E-state index in [1.807, 2.05) is 18.5 Å². The summed E-state index contributed by atoms with van der Waals surface area (Å²) in [5.41, 5.74) is 0. The monoisotopic (exact) mass is 279 g/mol. The van der Waals surface area contributed by atoms with Crippen LogP contribution in [0.2, 0.25) is 0 Å². The van der Waals surface area contributed by atoms with Crippen LogP contribution in [0.3, 0.4) is 0 Å². The Labute approximate surface area is 118 Å². The van der Waals surface area contributed by atoms with Crippen molar-refractivity contribution in [1.29, 1.82) is 0 Å². The minimum Gasteiger partial charge on any atom is -0.396 e. The van der Waals surface area contributed by atoms with Crippen molar-refractivity contribution in [2.45, 2.75) is 32.4 Å². The first kappa shape index (κ1) is 14.2. The highest BCUT2D eigenvalue weighted by Gasteiger charge is 2.12. The first-order valence-corrected chi connectivity index (χ1v) is 7.62. The number of hydrogen-bond acceptors (Lipinski definition) is 4. The summed E-state index contributed by atoms with van der Waals surface area (Å²) >= 11 is 1.70. The summed E-state index contributed by atoms with van der Waals surface area (Å²) in [4.78, 5) is 5.62. The Morgan fingerprint density at radius 3 is 3.11 bits per heavy atom. The molecule has 2 rings (SSSR count). The van der Waals surface area contributed by atoms with Crippen molar-refractivity contribution < 1.29 is 5.11 Å². The van der Waals surface area contributed by atoms with Crippen LogP contribution >= 0.6 is 11.3 Å². The molecule has 4 nitrogen and oxygen atoms in total. The highest BCUT2D eigenvalue weighted by molar-refractivity contribution is 7.13. The predicted octanol–water partition coefficient (Wildman–Crippen LogP) is 2.36. The Morgan fingerprint density at radius 1 is 1.53 bits per heavy atom. The number of aliphatic hydroxyl groups excluding tert-OH is 1. The van der Waals surface area contributed by atoms with Crippen LogP contribution in [0.1, 0.15) is 19.8 Å². The van der Waals surface area contributed by atoms with E-state index in [1.165, 1.54) is 4.88 Å². The Balaban J connectivity index is 2.06. The van der Waals surface area contributed by atoms with Gasteiger partial charge in [0.25, 0.3) is 0 Å². The highest BCUT2D eigenvalue weighted by Crippen LogP contribution is 2.23. The van der Waals surface area contributed by atoms with Crippen LogP contribution in [0.5, 0.6) is 0 Å². The fourth-order valence-electron chi connectivity index (χ4n) is 2.09. The molecule has 1 unspecified atom stereocenters. The van der Waals surface area contributed by atoms with Gasteiger partial charge in [-0.2, -0.15) is 0 Å². The van der Waals surface area contributed by atoms with E-state index >= 15 is 0 Å². The van der Waals surface area contributed by atoms with Gasteiger partial charge in [-0.3, -0.25) is 0 Å². The predicted molar refractivity (Wildman–Crippen MR) is 79.3 cm³/mol. The maximum atomic E-state index is 9.16. The lowest BCUT2D eigenvalue weighted by Gasteiger charge is -2.19. The van der Waals surface area contributed by atoms with Crippen molar-refractivity contribution in [2.24, 2.45) is 0 Å². The van der Waals surface area contributed by atoms with Crippen molar-refractivity contribution >= 4 is 11.3 Å². The molecular weight excluding hydrogens is 258 g/mol. The van der Waals surface area contributed by atoms with Crippen LogP contribution in [0.25, 0.3) is 10.7 Å². The maximum absolute atomic E-state index is 9.16. The first-order chi connectivity index (χ1) is 9.35. The molecule has 104 valence electrons. The highest BCUT2D eigenvalue weighted by atomic mass is 32.1. The fraction of sp³-hybridized carbons (Fsp3) is 0.500. The lowest BCUT2D eigenvalue weighted by atomic mass is 10.2. The first-order valence-electron chi connectivity index (χ1n) is 6.74. The molecule has 0 amide bonds. The average molecular weight is 279 g/mol. The summed E-state index contributed by atoms with van der Waals surface area (Å²) in [5.74, 6) is 1.01. The Kier molecular flexibility index (Phi) is 5.57.